The van der Waals surface area contributed by atoms with Crippen molar-refractivity contribution in [1.82, 2.24) is 5.32 Å². The van der Waals surface area contributed by atoms with Crippen LogP contribution in [0.4, 0.5) is 5.69 Å². The van der Waals surface area contributed by atoms with Crippen LogP contribution in [0.15, 0.2) is 54.2 Å². The molecular weight excluding hydrogens is 380 g/mol. The first kappa shape index (κ1) is 19.6. The van der Waals surface area contributed by atoms with Crippen LogP contribution in [0.5, 0.6) is 11.5 Å². The summed E-state index contributed by atoms with van der Waals surface area (Å²) in [6, 6.07) is 11.1. The lowest BCUT2D eigenvalue weighted by Gasteiger charge is -2.10. The summed E-state index contributed by atoms with van der Waals surface area (Å²) in [6.45, 7) is 0. The van der Waals surface area contributed by atoms with Gasteiger partial charge in [0, 0.05) is 5.69 Å². The quantitative estimate of drug-likeness (QED) is 0.432. The van der Waals surface area contributed by atoms with Gasteiger partial charge in [0.05, 0.1) is 31.4 Å². The summed E-state index contributed by atoms with van der Waals surface area (Å²) in [5.41, 5.74) is 0.954. The van der Waals surface area contributed by atoms with Crippen LogP contribution in [0.2, 0.25) is 0 Å². The monoisotopic (exact) mass is 396 g/mol. The van der Waals surface area contributed by atoms with Crippen molar-refractivity contribution < 1.29 is 33.4 Å². The molecule has 3 rings (SSSR count). The highest BCUT2D eigenvalue weighted by atomic mass is 16.5. The third-order valence-electron chi connectivity index (χ3n) is 3.95. The maximum Gasteiger partial charge on any atom is 0.354 e. The Balaban J connectivity index is 1.73. The minimum atomic E-state index is -0.735. The summed E-state index contributed by atoms with van der Waals surface area (Å²) in [4.78, 5) is 46.5. The van der Waals surface area contributed by atoms with E-state index in [0.717, 1.165) is 6.08 Å². The van der Waals surface area contributed by atoms with Crippen LogP contribution < -0.4 is 15.4 Å². The second-order valence-electron chi connectivity index (χ2n) is 5.81. The third-order valence-corrected chi connectivity index (χ3v) is 3.95. The molecule has 148 valence electrons. The fourth-order valence-electron chi connectivity index (χ4n) is 2.54. The number of esters is 2. The first-order chi connectivity index (χ1) is 13.9. The molecule has 1 aliphatic rings. The minimum Gasteiger partial charge on any atom is -0.466 e. The van der Waals surface area contributed by atoms with Gasteiger partial charge in [-0.15, -0.1) is 0 Å². The number of benzene rings is 2. The number of methoxy groups -OCH3 is 2. The Bertz CT molecular complexity index is 1030. The zero-order chi connectivity index (χ0) is 21.0. The van der Waals surface area contributed by atoms with Crippen molar-refractivity contribution in [3.05, 3.63) is 65.4 Å². The minimum absolute atomic E-state index is 0.0951. The maximum absolute atomic E-state index is 11.8. The summed E-state index contributed by atoms with van der Waals surface area (Å²) in [7, 11) is 2.38. The zero-order valence-electron chi connectivity index (χ0n) is 15.5. The largest absolute Gasteiger partial charge is 0.466 e. The van der Waals surface area contributed by atoms with Crippen molar-refractivity contribution in [1.29, 1.82) is 0 Å². The van der Waals surface area contributed by atoms with Crippen molar-refractivity contribution in [3.63, 3.8) is 0 Å². The molecule has 2 aromatic rings. The van der Waals surface area contributed by atoms with Crippen LogP contribution in [0.3, 0.4) is 0 Å². The molecular formula is C20H16N2O7. The van der Waals surface area contributed by atoms with Crippen LogP contribution >= 0.6 is 0 Å². The van der Waals surface area contributed by atoms with Crippen molar-refractivity contribution >= 4 is 29.4 Å². The highest BCUT2D eigenvalue weighted by Crippen LogP contribution is 2.27. The molecule has 2 N–H and O–H groups in total. The number of rotatable bonds is 6. The lowest BCUT2D eigenvalue weighted by atomic mass is 10.1. The maximum atomic E-state index is 11.8. The van der Waals surface area contributed by atoms with Crippen LogP contribution in [-0.2, 0) is 19.1 Å². The fraction of sp³-hybridized carbons (Fsp3) is 0.100. The van der Waals surface area contributed by atoms with Crippen molar-refractivity contribution in [2.24, 2.45) is 0 Å². The van der Waals surface area contributed by atoms with Crippen LogP contribution in [0.1, 0.15) is 20.7 Å². The highest BCUT2D eigenvalue weighted by molar-refractivity contribution is 6.21. The first-order valence-electron chi connectivity index (χ1n) is 8.34. The Hall–Kier alpha value is -4.14. The molecule has 2 aromatic carbocycles. The van der Waals surface area contributed by atoms with E-state index < -0.39 is 23.8 Å². The van der Waals surface area contributed by atoms with Gasteiger partial charge in [0.25, 0.3) is 11.8 Å². The average Bonchev–Trinajstić information content (AvgIpc) is 3.01. The molecule has 0 radical (unpaired) electrons. The molecule has 0 spiro atoms. The molecule has 0 fully saturated rings. The van der Waals surface area contributed by atoms with Crippen LogP contribution in [0.25, 0.3) is 0 Å². The predicted octanol–water partition coefficient (Wildman–Crippen LogP) is 2.00. The summed E-state index contributed by atoms with van der Waals surface area (Å²) < 4.78 is 14.8. The summed E-state index contributed by atoms with van der Waals surface area (Å²) in [5.74, 6) is -1.51. The topological polar surface area (TPSA) is 120 Å². The lowest BCUT2D eigenvalue weighted by Crippen LogP contribution is -2.19. The van der Waals surface area contributed by atoms with Gasteiger partial charge in [0.15, 0.2) is 0 Å². The van der Waals surface area contributed by atoms with E-state index in [4.69, 9.17) is 4.74 Å². The Labute approximate surface area is 165 Å². The molecule has 0 atom stereocenters. The van der Waals surface area contributed by atoms with Gasteiger partial charge in [-0.3, -0.25) is 14.9 Å². The Kier molecular flexibility index (Phi) is 5.59. The van der Waals surface area contributed by atoms with E-state index in [1.807, 2.05) is 0 Å². The van der Waals surface area contributed by atoms with E-state index in [1.165, 1.54) is 26.4 Å². The Morgan fingerprint density at radius 1 is 0.897 bits per heavy atom. The fourth-order valence-corrected chi connectivity index (χ4v) is 2.54. The van der Waals surface area contributed by atoms with E-state index >= 15 is 0 Å². The predicted molar refractivity (Wildman–Crippen MR) is 100 cm³/mol. The van der Waals surface area contributed by atoms with Crippen LogP contribution in [0, 0.1) is 0 Å². The number of carbonyl (C=O) groups is 4. The van der Waals surface area contributed by atoms with E-state index in [2.05, 4.69) is 20.1 Å². The number of anilines is 1. The van der Waals surface area contributed by atoms with Crippen LogP contribution in [-0.4, -0.2) is 38.0 Å². The molecule has 2 amide bonds. The third kappa shape index (κ3) is 4.41. The molecule has 0 saturated carbocycles. The highest BCUT2D eigenvalue weighted by Gasteiger charge is 2.26. The summed E-state index contributed by atoms with van der Waals surface area (Å²) in [6.07, 6.45) is 0.979. The Morgan fingerprint density at radius 2 is 1.55 bits per heavy atom. The number of hydrogen-bond donors (Lipinski definition) is 2. The molecule has 1 aliphatic heterocycles. The zero-order valence-corrected chi connectivity index (χ0v) is 15.5. The van der Waals surface area contributed by atoms with Gasteiger partial charge in [-0.05, 0) is 42.5 Å². The summed E-state index contributed by atoms with van der Waals surface area (Å²) >= 11 is 0. The normalized spacial score (nSPS) is 12.7. The van der Waals surface area contributed by atoms with Gasteiger partial charge >= 0.3 is 11.9 Å². The summed E-state index contributed by atoms with van der Waals surface area (Å²) in [5, 5.41) is 4.98. The molecule has 0 aliphatic carbocycles. The van der Waals surface area contributed by atoms with Crippen molar-refractivity contribution in [2.45, 2.75) is 0 Å². The molecule has 9 heteroatoms. The molecule has 29 heavy (non-hydrogen) atoms. The number of carbonyl (C=O) groups excluding carboxylic acids is 4. The molecule has 0 unspecified atom stereocenters. The molecule has 1 heterocycles. The SMILES string of the molecule is COC(=O)/C=C(/Nc1ccc(Oc2ccc3c(c2)C(=O)NC3=O)cc1)C(=O)OC. The van der Waals surface area contributed by atoms with E-state index in [9.17, 15) is 19.2 Å². The van der Waals surface area contributed by atoms with Crippen molar-refractivity contribution in [2.75, 3.05) is 19.5 Å². The van der Waals surface area contributed by atoms with Crippen molar-refractivity contribution in [3.8, 4) is 11.5 Å². The van der Waals surface area contributed by atoms with Gasteiger partial charge < -0.3 is 19.5 Å². The van der Waals surface area contributed by atoms with Gasteiger partial charge in [0.1, 0.15) is 17.2 Å². The van der Waals surface area contributed by atoms with E-state index in [1.54, 1.807) is 30.3 Å². The standard InChI is InChI=1S/C20H16N2O7/c1-27-17(23)10-16(20(26)28-2)21-11-3-5-12(6-4-11)29-13-7-8-14-15(9-13)19(25)22-18(14)24/h3-10,21H,1-2H3,(H,22,24,25)/b16-10+. The van der Waals surface area contributed by atoms with E-state index in [-0.39, 0.29) is 11.3 Å². The molecule has 0 saturated heterocycles. The number of fused-ring (bicyclic) bond motifs is 1. The second-order valence-corrected chi connectivity index (χ2v) is 5.81. The second kappa shape index (κ2) is 8.26. The van der Waals surface area contributed by atoms with Gasteiger partial charge in [-0.25, -0.2) is 9.59 Å². The smallest absolute Gasteiger partial charge is 0.354 e. The molecule has 0 bridgehead atoms. The number of amides is 2. The number of hydrogen-bond acceptors (Lipinski definition) is 8. The number of ether oxygens (including phenoxy) is 3. The van der Waals surface area contributed by atoms with Gasteiger partial charge in [-0.1, -0.05) is 0 Å². The molecule has 9 nitrogen and oxygen atoms in total. The average molecular weight is 396 g/mol. The van der Waals surface area contributed by atoms with E-state index in [0.29, 0.717) is 22.7 Å². The Morgan fingerprint density at radius 3 is 2.21 bits per heavy atom. The van der Waals surface area contributed by atoms with Gasteiger partial charge in [0.2, 0.25) is 0 Å². The van der Waals surface area contributed by atoms with Gasteiger partial charge in [-0.2, -0.15) is 0 Å². The lowest BCUT2D eigenvalue weighted by molar-refractivity contribution is -0.138. The molecule has 0 aromatic heterocycles. The first-order valence-corrected chi connectivity index (χ1v) is 8.34. The number of imide groups is 1. The number of nitrogens with one attached hydrogen (secondary N) is 2.